The molecule has 0 N–H and O–H groups in total. The third-order valence-corrected chi connectivity index (χ3v) is 5.62. The van der Waals surface area contributed by atoms with Gasteiger partial charge in [0.05, 0.1) is 24.3 Å². The highest BCUT2D eigenvalue weighted by atomic mass is 16.5. The molecule has 0 bridgehead atoms. The highest BCUT2D eigenvalue weighted by Crippen LogP contribution is 2.26. The van der Waals surface area contributed by atoms with Crippen LogP contribution in [0, 0.1) is 0 Å². The molecule has 6 heteroatoms. The molecule has 1 aliphatic heterocycles. The van der Waals surface area contributed by atoms with E-state index in [1.54, 1.807) is 68.7 Å². The normalized spacial score (nSPS) is 14.4. The van der Waals surface area contributed by atoms with Crippen LogP contribution < -0.4 is 4.74 Å². The Labute approximate surface area is 189 Å². The molecule has 0 saturated heterocycles. The van der Waals surface area contributed by atoms with E-state index in [9.17, 15) is 14.4 Å². The summed E-state index contributed by atoms with van der Waals surface area (Å²) in [5.74, 6) is -0.0770. The molecule has 1 aliphatic rings. The fourth-order valence-electron chi connectivity index (χ4n) is 4.11. The maximum atomic E-state index is 13.3. The van der Waals surface area contributed by atoms with Gasteiger partial charge in [0.2, 0.25) is 0 Å². The molecule has 0 spiro atoms. The monoisotopic (exact) mass is 434 g/mol. The summed E-state index contributed by atoms with van der Waals surface area (Å²) in [5.41, 5.74) is 2.04. The third kappa shape index (κ3) is 4.31. The van der Waals surface area contributed by atoms with Crippen molar-refractivity contribution in [2.45, 2.75) is 52.7 Å². The van der Waals surface area contributed by atoms with Crippen molar-refractivity contribution in [1.29, 1.82) is 0 Å². The first-order valence-electron chi connectivity index (χ1n) is 10.8. The van der Waals surface area contributed by atoms with E-state index in [0.29, 0.717) is 28.0 Å². The summed E-state index contributed by atoms with van der Waals surface area (Å²) in [6.07, 6.45) is 3.55. The van der Waals surface area contributed by atoms with Crippen molar-refractivity contribution in [1.82, 2.24) is 9.80 Å². The van der Waals surface area contributed by atoms with Crippen LogP contribution >= 0.6 is 0 Å². The van der Waals surface area contributed by atoms with Gasteiger partial charge in [-0.2, -0.15) is 0 Å². The fraction of sp³-hybridized carbons (Fsp3) is 0.346. The minimum atomic E-state index is -0.483. The lowest BCUT2D eigenvalue weighted by Gasteiger charge is -2.31. The van der Waals surface area contributed by atoms with Gasteiger partial charge in [-0.1, -0.05) is 24.3 Å². The minimum Gasteiger partial charge on any atom is -0.497 e. The molecule has 0 aromatic heterocycles. The zero-order chi connectivity index (χ0) is 23.6. The number of imide groups is 1. The van der Waals surface area contributed by atoms with Gasteiger partial charge in [-0.05, 0) is 70.5 Å². The molecule has 1 atom stereocenters. The van der Waals surface area contributed by atoms with E-state index in [-0.39, 0.29) is 29.8 Å². The molecule has 32 heavy (non-hydrogen) atoms. The van der Waals surface area contributed by atoms with Crippen molar-refractivity contribution in [2.75, 3.05) is 7.11 Å². The molecule has 0 saturated carbocycles. The first kappa shape index (κ1) is 23.3. The number of carbonyl (C=O) groups is 3. The van der Waals surface area contributed by atoms with Crippen molar-refractivity contribution in [3.63, 3.8) is 0 Å². The molecule has 2 aromatic carbocycles. The van der Waals surface area contributed by atoms with Crippen LogP contribution in [0.4, 0.5) is 0 Å². The summed E-state index contributed by atoms with van der Waals surface area (Å²) >= 11 is 0. The van der Waals surface area contributed by atoms with Crippen LogP contribution in [0.3, 0.4) is 0 Å². The standard InChI is InChI=1S/C26H30N2O4/c1-16(2)27(17(3)4)24(29)21-14-13-20(32-6)15-19(21)12-11-18(5)28-25(30)22-9-7-8-10-23(22)26(28)31/h7-18H,1-6H3/b12-11+. The second-order valence-corrected chi connectivity index (χ2v) is 8.48. The molecular weight excluding hydrogens is 404 g/mol. The largest absolute Gasteiger partial charge is 0.497 e. The number of nitrogens with zero attached hydrogens (tertiary/aromatic N) is 2. The number of rotatable bonds is 7. The van der Waals surface area contributed by atoms with E-state index in [1.807, 2.05) is 32.6 Å². The van der Waals surface area contributed by atoms with Crippen molar-refractivity contribution >= 4 is 23.8 Å². The van der Waals surface area contributed by atoms with Crippen molar-refractivity contribution < 1.29 is 19.1 Å². The van der Waals surface area contributed by atoms with Gasteiger partial charge in [-0.25, -0.2) is 0 Å². The van der Waals surface area contributed by atoms with E-state index in [1.165, 1.54) is 4.90 Å². The highest BCUT2D eigenvalue weighted by Gasteiger charge is 2.37. The average Bonchev–Trinajstić information content (AvgIpc) is 3.01. The Bertz CT molecular complexity index is 1030. The number of methoxy groups -OCH3 is 1. The molecule has 6 nitrogen and oxygen atoms in total. The zero-order valence-electron chi connectivity index (χ0n) is 19.5. The van der Waals surface area contributed by atoms with E-state index in [4.69, 9.17) is 4.74 Å². The van der Waals surface area contributed by atoms with Crippen LogP contribution in [0.25, 0.3) is 6.08 Å². The summed E-state index contributed by atoms with van der Waals surface area (Å²) in [6.45, 7) is 9.74. The first-order valence-corrected chi connectivity index (χ1v) is 10.8. The number of benzene rings is 2. The summed E-state index contributed by atoms with van der Waals surface area (Å²) in [5, 5.41) is 0. The van der Waals surface area contributed by atoms with E-state index < -0.39 is 6.04 Å². The number of amides is 3. The van der Waals surface area contributed by atoms with Crippen LogP contribution in [-0.4, -0.2) is 52.8 Å². The second-order valence-electron chi connectivity index (χ2n) is 8.48. The molecular formula is C26H30N2O4. The van der Waals surface area contributed by atoms with Gasteiger partial charge in [0.25, 0.3) is 17.7 Å². The SMILES string of the molecule is COc1ccc(C(=O)N(C(C)C)C(C)C)c(/C=C/C(C)N2C(=O)c3ccccc3C2=O)c1. The Morgan fingerprint density at radius 1 is 0.938 bits per heavy atom. The summed E-state index contributed by atoms with van der Waals surface area (Å²) in [4.78, 5) is 41.9. The molecule has 1 heterocycles. The Morgan fingerprint density at radius 3 is 2.00 bits per heavy atom. The predicted octanol–water partition coefficient (Wildman–Crippen LogP) is 4.65. The molecule has 0 fully saturated rings. The first-order chi connectivity index (χ1) is 15.2. The Hall–Kier alpha value is -3.41. The lowest BCUT2D eigenvalue weighted by Crippen LogP contribution is -2.42. The van der Waals surface area contributed by atoms with Gasteiger partial charge >= 0.3 is 0 Å². The maximum Gasteiger partial charge on any atom is 0.262 e. The van der Waals surface area contributed by atoms with E-state index in [0.717, 1.165) is 0 Å². The van der Waals surface area contributed by atoms with Crippen molar-refractivity contribution in [3.05, 3.63) is 70.8 Å². The Balaban J connectivity index is 1.93. The number of carbonyl (C=O) groups excluding carboxylic acids is 3. The molecule has 168 valence electrons. The molecule has 3 rings (SSSR count). The van der Waals surface area contributed by atoms with Crippen LogP contribution in [0.1, 0.15) is 71.3 Å². The minimum absolute atomic E-state index is 0.0405. The van der Waals surface area contributed by atoms with Crippen LogP contribution in [-0.2, 0) is 0 Å². The highest BCUT2D eigenvalue weighted by molar-refractivity contribution is 6.21. The summed E-state index contributed by atoms with van der Waals surface area (Å²) in [7, 11) is 1.57. The molecule has 3 amide bonds. The van der Waals surface area contributed by atoms with E-state index in [2.05, 4.69) is 0 Å². The van der Waals surface area contributed by atoms with Crippen molar-refractivity contribution in [2.24, 2.45) is 0 Å². The smallest absolute Gasteiger partial charge is 0.262 e. The quantitative estimate of drug-likeness (QED) is 0.595. The number of fused-ring (bicyclic) bond motifs is 1. The maximum absolute atomic E-state index is 13.3. The summed E-state index contributed by atoms with van der Waals surface area (Å²) in [6, 6.07) is 11.7. The Kier molecular flexibility index (Phi) is 6.82. The third-order valence-electron chi connectivity index (χ3n) is 5.62. The lowest BCUT2D eigenvalue weighted by atomic mass is 10.0. The van der Waals surface area contributed by atoms with Gasteiger partial charge in [0.15, 0.2) is 0 Å². The molecule has 1 unspecified atom stereocenters. The number of hydrogen-bond acceptors (Lipinski definition) is 4. The molecule has 0 aliphatic carbocycles. The number of ether oxygens (including phenoxy) is 1. The molecule has 0 radical (unpaired) electrons. The van der Waals surface area contributed by atoms with Gasteiger partial charge in [-0.3, -0.25) is 19.3 Å². The van der Waals surface area contributed by atoms with Crippen LogP contribution in [0.15, 0.2) is 48.5 Å². The molecule has 2 aromatic rings. The van der Waals surface area contributed by atoms with Crippen molar-refractivity contribution in [3.8, 4) is 5.75 Å². The van der Waals surface area contributed by atoms with Gasteiger partial charge in [0, 0.05) is 17.6 Å². The van der Waals surface area contributed by atoms with E-state index >= 15 is 0 Å². The Morgan fingerprint density at radius 2 is 1.50 bits per heavy atom. The van der Waals surface area contributed by atoms with Gasteiger partial charge in [-0.15, -0.1) is 0 Å². The van der Waals surface area contributed by atoms with Crippen LogP contribution in [0.5, 0.6) is 5.75 Å². The fourth-order valence-corrected chi connectivity index (χ4v) is 4.11. The van der Waals surface area contributed by atoms with Gasteiger partial charge in [0.1, 0.15) is 5.75 Å². The van der Waals surface area contributed by atoms with Gasteiger partial charge < -0.3 is 9.64 Å². The zero-order valence-corrected chi connectivity index (χ0v) is 19.5. The van der Waals surface area contributed by atoms with Crippen LogP contribution in [0.2, 0.25) is 0 Å². The topological polar surface area (TPSA) is 66.9 Å². The number of hydrogen-bond donors (Lipinski definition) is 0. The predicted molar refractivity (Wildman–Crippen MR) is 125 cm³/mol. The second kappa shape index (κ2) is 9.39. The lowest BCUT2D eigenvalue weighted by molar-refractivity contribution is 0.0618. The average molecular weight is 435 g/mol. The summed E-state index contributed by atoms with van der Waals surface area (Å²) < 4.78 is 5.35.